The number of hydrogen-bond donors (Lipinski definition) is 0. The Hall–Kier alpha value is -1.44. The molecular formula is C18H21Cl2N. The van der Waals surface area contributed by atoms with Crippen LogP contribution in [0.4, 0.5) is 0 Å². The van der Waals surface area contributed by atoms with E-state index in [0.717, 1.165) is 5.56 Å². The van der Waals surface area contributed by atoms with Crippen LogP contribution >= 0.6 is 23.2 Å². The Balaban J connectivity index is 0.00000106. The third-order valence-electron chi connectivity index (χ3n) is 2.92. The maximum atomic E-state index is 6.15. The fraction of sp³-hybridized carbons (Fsp3) is 0.222. The van der Waals surface area contributed by atoms with Crippen LogP contribution in [0.15, 0.2) is 65.4 Å². The van der Waals surface area contributed by atoms with Gasteiger partial charge < -0.3 is 4.90 Å². The largest absolute Gasteiger partial charge is 0.334 e. The molecular weight excluding hydrogens is 301 g/mol. The van der Waals surface area contributed by atoms with Gasteiger partial charge in [0.1, 0.15) is 5.16 Å². The number of rotatable bonds is 4. The molecule has 0 aromatic heterocycles. The van der Waals surface area contributed by atoms with Gasteiger partial charge in [-0.2, -0.15) is 0 Å². The van der Waals surface area contributed by atoms with Crippen molar-refractivity contribution in [3.8, 4) is 0 Å². The van der Waals surface area contributed by atoms with Gasteiger partial charge in [-0.3, -0.25) is 0 Å². The van der Waals surface area contributed by atoms with E-state index in [0.29, 0.717) is 16.7 Å². The van der Waals surface area contributed by atoms with Crippen LogP contribution in [0.3, 0.4) is 0 Å². The zero-order valence-corrected chi connectivity index (χ0v) is 14.2. The summed E-state index contributed by atoms with van der Waals surface area (Å²) in [5.41, 5.74) is 1.16. The van der Waals surface area contributed by atoms with Crippen molar-refractivity contribution in [3.05, 3.63) is 71.0 Å². The van der Waals surface area contributed by atoms with Crippen LogP contribution < -0.4 is 0 Å². The molecule has 2 aromatic rings. The molecule has 0 aliphatic carbocycles. The number of allylic oxidation sites excluding steroid dienone is 1. The van der Waals surface area contributed by atoms with Gasteiger partial charge >= 0.3 is 0 Å². The van der Waals surface area contributed by atoms with Gasteiger partial charge in [0.15, 0.2) is 0 Å². The highest BCUT2D eigenvalue weighted by molar-refractivity contribution is 6.38. The van der Waals surface area contributed by atoms with Crippen LogP contribution in [-0.2, 0) is 6.54 Å². The molecule has 0 N–H and O–H groups in total. The van der Waals surface area contributed by atoms with E-state index in [9.17, 15) is 0 Å². The van der Waals surface area contributed by atoms with Gasteiger partial charge in [-0.15, -0.1) is 0 Å². The number of halogens is 2. The van der Waals surface area contributed by atoms with Crippen molar-refractivity contribution in [1.29, 1.82) is 0 Å². The van der Waals surface area contributed by atoms with Gasteiger partial charge in [0.05, 0.1) is 5.03 Å². The van der Waals surface area contributed by atoms with Crippen LogP contribution in [0, 0.1) is 0 Å². The first-order chi connectivity index (χ1) is 10.1. The second kappa shape index (κ2) is 8.76. The number of hydrogen-bond acceptors (Lipinski definition) is 1. The molecule has 0 heterocycles. The number of nitrogens with zero attached hydrogens (tertiary/aromatic N) is 1. The van der Waals surface area contributed by atoms with E-state index in [-0.39, 0.29) is 0 Å². The fourth-order valence-corrected chi connectivity index (χ4v) is 2.18. The third-order valence-corrected chi connectivity index (χ3v) is 3.70. The number of fused-ring (bicyclic) bond motifs is 1. The fourth-order valence-electron chi connectivity index (χ4n) is 1.95. The van der Waals surface area contributed by atoms with Crippen LogP contribution in [0.5, 0.6) is 0 Å². The Morgan fingerprint density at radius 2 is 1.71 bits per heavy atom. The van der Waals surface area contributed by atoms with Crippen LogP contribution in [0.1, 0.15) is 26.3 Å². The average Bonchev–Trinajstić information content (AvgIpc) is 2.53. The van der Waals surface area contributed by atoms with E-state index < -0.39 is 0 Å². The summed E-state index contributed by atoms with van der Waals surface area (Å²) in [4.78, 5) is 1.83. The highest BCUT2D eigenvalue weighted by Crippen LogP contribution is 2.22. The molecule has 1 nitrogen and oxygen atoms in total. The Morgan fingerprint density at radius 1 is 1.10 bits per heavy atom. The predicted octanol–water partition coefficient (Wildman–Crippen LogP) is 6.48. The molecule has 0 saturated carbocycles. The van der Waals surface area contributed by atoms with E-state index in [4.69, 9.17) is 23.2 Å². The Kier molecular flexibility index (Phi) is 7.35. The van der Waals surface area contributed by atoms with E-state index in [1.807, 2.05) is 30.9 Å². The van der Waals surface area contributed by atoms with Crippen molar-refractivity contribution in [2.45, 2.75) is 27.3 Å². The lowest BCUT2D eigenvalue weighted by Gasteiger charge is -2.20. The minimum absolute atomic E-state index is 0.504. The lowest BCUT2D eigenvalue weighted by atomic mass is 10.1. The molecule has 112 valence electrons. The monoisotopic (exact) mass is 321 g/mol. The van der Waals surface area contributed by atoms with E-state index in [1.54, 1.807) is 13.1 Å². The zero-order valence-electron chi connectivity index (χ0n) is 12.7. The molecule has 0 radical (unpaired) electrons. The first-order valence-corrected chi connectivity index (χ1v) is 7.76. The summed E-state index contributed by atoms with van der Waals surface area (Å²) < 4.78 is 0. The van der Waals surface area contributed by atoms with Crippen molar-refractivity contribution >= 4 is 34.0 Å². The van der Waals surface area contributed by atoms with Crippen LogP contribution in [0.2, 0.25) is 0 Å². The van der Waals surface area contributed by atoms with Crippen molar-refractivity contribution in [2.75, 3.05) is 0 Å². The second-order valence-corrected chi connectivity index (χ2v) is 5.24. The van der Waals surface area contributed by atoms with Gasteiger partial charge in [0, 0.05) is 6.54 Å². The summed E-state index contributed by atoms with van der Waals surface area (Å²) in [5, 5.41) is 3.51. The summed E-state index contributed by atoms with van der Waals surface area (Å²) in [5.74, 6) is 0. The maximum Gasteiger partial charge on any atom is 0.123 e. The molecule has 0 bridgehead atoms. The van der Waals surface area contributed by atoms with Gasteiger partial charge in [-0.05, 0) is 35.5 Å². The summed E-state index contributed by atoms with van der Waals surface area (Å²) in [6.07, 6.45) is 1.68. The van der Waals surface area contributed by atoms with E-state index >= 15 is 0 Å². The summed E-state index contributed by atoms with van der Waals surface area (Å²) in [6, 6.07) is 14.6. The molecule has 0 amide bonds. The molecule has 0 unspecified atom stereocenters. The van der Waals surface area contributed by atoms with Crippen molar-refractivity contribution in [1.82, 2.24) is 4.90 Å². The highest BCUT2D eigenvalue weighted by Gasteiger charge is 2.07. The quantitative estimate of drug-likeness (QED) is 0.582. The molecule has 2 aromatic carbocycles. The lowest BCUT2D eigenvalue weighted by molar-refractivity contribution is 0.487. The third kappa shape index (κ3) is 4.80. The van der Waals surface area contributed by atoms with Crippen molar-refractivity contribution < 1.29 is 0 Å². The predicted molar refractivity (Wildman–Crippen MR) is 95.4 cm³/mol. The Labute approximate surface area is 137 Å². The minimum Gasteiger partial charge on any atom is -0.334 e. The molecule has 21 heavy (non-hydrogen) atoms. The highest BCUT2D eigenvalue weighted by atomic mass is 35.5. The van der Waals surface area contributed by atoms with Crippen molar-refractivity contribution in [2.24, 2.45) is 0 Å². The van der Waals surface area contributed by atoms with E-state index in [2.05, 4.69) is 36.9 Å². The summed E-state index contributed by atoms with van der Waals surface area (Å²) in [6.45, 7) is 10.2. The molecule has 0 aliphatic rings. The molecule has 0 atom stereocenters. The van der Waals surface area contributed by atoms with Crippen LogP contribution in [0.25, 0.3) is 10.8 Å². The van der Waals surface area contributed by atoms with Crippen LogP contribution in [-0.4, -0.2) is 4.90 Å². The van der Waals surface area contributed by atoms with E-state index in [1.165, 1.54) is 10.8 Å². The standard InChI is InChI=1S/C16H15Cl2N.C2H6/c1-3-19(16(18)12(2)17)11-13-8-9-14-6-4-5-7-15(14)10-13;1-2/h3-10H,1,11H2,2H3;1-2H3/b16-12+;. The second-order valence-electron chi connectivity index (χ2n) is 4.32. The lowest BCUT2D eigenvalue weighted by Crippen LogP contribution is -2.13. The van der Waals surface area contributed by atoms with Crippen molar-refractivity contribution in [3.63, 3.8) is 0 Å². The summed E-state index contributed by atoms with van der Waals surface area (Å²) in [7, 11) is 0. The minimum atomic E-state index is 0.504. The summed E-state index contributed by atoms with van der Waals surface area (Å²) >= 11 is 12.1. The molecule has 2 rings (SSSR count). The Bertz CT molecular complexity index is 628. The van der Waals surface area contributed by atoms with Gasteiger partial charge in [-0.25, -0.2) is 0 Å². The van der Waals surface area contributed by atoms with Gasteiger partial charge in [-0.1, -0.05) is 80.0 Å². The van der Waals surface area contributed by atoms with Gasteiger partial charge in [0.25, 0.3) is 0 Å². The number of benzene rings is 2. The first-order valence-electron chi connectivity index (χ1n) is 7.00. The molecule has 0 fully saturated rings. The molecule has 0 aliphatic heterocycles. The SMILES string of the molecule is C=CN(Cc1ccc2ccccc2c1)/C(Cl)=C(\C)Cl.CC. The molecule has 0 saturated heterocycles. The average molecular weight is 322 g/mol. The normalized spacial score (nSPS) is 11.3. The Morgan fingerprint density at radius 3 is 2.29 bits per heavy atom. The maximum absolute atomic E-state index is 6.15. The first kappa shape index (κ1) is 17.6. The molecule has 3 heteroatoms. The molecule has 0 spiro atoms. The smallest absolute Gasteiger partial charge is 0.123 e. The van der Waals surface area contributed by atoms with Gasteiger partial charge in [0.2, 0.25) is 0 Å². The topological polar surface area (TPSA) is 3.24 Å². The zero-order chi connectivity index (χ0) is 15.8.